The van der Waals surface area contributed by atoms with E-state index in [1.54, 1.807) is 12.1 Å². The van der Waals surface area contributed by atoms with Crippen LogP contribution in [0.2, 0.25) is 0 Å². The molecule has 24 heavy (non-hydrogen) atoms. The number of amides is 1. The maximum atomic E-state index is 13.1. The summed E-state index contributed by atoms with van der Waals surface area (Å²) in [5.41, 5.74) is 2.19. The van der Waals surface area contributed by atoms with Crippen molar-refractivity contribution in [3.63, 3.8) is 0 Å². The minimum atomic E-state index is -0.228. The van der Waals surface area contributed by atoms with Gasteiger partial charge in [-0.15, -0.1) is 0 Å². The lowest BCUT2D eigenvalue weighted by Gasteiger charge is -2.28. The zero-order valence-corrected chi connectivity index (χ0v) is 13.9. The van der Waals surface area contributed by atoms with E-state index >= 15 is 0 Å². The number of carbonyl (C=O) groups excluding carboxylic acids is 1. The second-order valence-electron chi connectivity index (χ2n) is 6.35. The van der Waals surface area contributed by atoms with Crippen LogP contribution in [0.1, 0.15) is 43.0 Å². The molecule has 2 aromatic rings. The second-order valence-corrected chi connectivity index (χ2v) is 6.35. The van der Waals surface area contributed by atoms with E-state index in [1.165, 1.54) is 12.1 Å². The van der Waals surface area contributed by atoms with Gasteiger partial charge in [-0.05, 0) is 36.6 Å². The van der Waals surface area contributed by atoms with Crippen molar-refractivity contribution in [1.82, 2.24) is 10.2 Å². The van der Waals surface area contributed by atoms with Crippen molar-refractivity contribution in [3.8, 4) is 0 Å². The van der Waals surface area contributed by atoms with Gasteiger partial charge in [0.05, 0.1) is 6.04 Å². The fourth-order valence-electron chi connectivity index (χ4n) is 3.21. The molecule has 3 rings (SSSR count). The maximum absolute atomic E-state index is 13.1. The highest BCUT2D eigenvalue weighted by Crippen LogP contribution is 2.23. The molecule has 0 saturated carbocycles. The van der Waals surface area contributed by atoms with E-state index in [9.17, 15) is 9.18 Å². The average Bonchev–Trinajstić information content (AvgIpc) is 3.00. The summed E-state index contributed by atoms with van der Waals surface area (Å²) in [6, 6.07) is 16.9. The van der Waals surface area contributed by atoms with E-state index in [1.807, 2.05) is 23.1 Å². The Morgan fingerprint density at radius 2 is 1.79 bits per heavy atom. The molecule has 1 aliphatic heterocycles. The summed E-state index contributed by atoms with van der Waals surface area (Å²) >= 11 is 0. The van der Waals surface area contributed by atoms with E-state index in [0.29, 0.717) is 13.0 Å². The quantitative estimate of drug-likeness (QED) is 0.875. The molecular weight excluding hydrogens is 303 g/mol. The molecule has 0 aromatic heterocycles. The molecule has 0 unspecified atom stereocenters. The van der Waals surface area contributed by atoms with Gasteiger partial charge in [-0.1, -0.05) is 42.5 Å². The summed E-state index contributed by atoms with van der Waals surface area (Å²) in [5.74, 6) is 0.000360. The zero-order valence-electron chi connectivity index (χ0n) is 13.9. The van der Waals surface area contributed by atoms with Crippen LogP contribution in [0.5, 0.6) is 0 Å². The first-order valence-corrected chi connectivity index (χ1v) is 8.48. The minimum absolute atomic E-state index is 0.0494. The predicted molar refractivity (Wildman–Crippen MR) is 92.9 cm³/mol. The van der Waals surface area contributed by atoms with Gasteiger partial charge in [0, 0.05) is 25.6 Å². The lowest BCUT2D eigenvalue weighted by molar-refractivity contribution is -0.128. The molecule has 4 heteroatoms. The standard InChI is InChI=1S/C20H23FN2O/c1-15(16-9-11-18(21)12-10-16)22-19(17-6-3-2-4-7-17)14-23-13-5-8-20(23)24/h2-4,6-7,9-12,15,19,22H,5,8,13-14H2,1H3/t15-,19+/m0/s1. The summed E-state index contributed by atoms with van der Waals surface area (Å²) in [6.45, 7) is 3.55. The first-order chi connectivity index (χ1) is 11.6. The van der Waals surface area contributed by atoms with Crippen molar-refractivity contribution in [2.75, 3.05) is 13.1 Å². The minimum Gasteiger partial charge on any atom is -0.341 e. The van der Waals surface area contributed by atoms with E-state index in [-0.39, 0.29) is 23.8 Å². The number of halogens is 1. The summed E-state index contributed by atoms with van der Waals surface area (Å²) in [7, 11) is 0. The lowest BCUT2D eigenvalue weighted by Crippen LogP contribution is -2.37. The SMILES string of the molecule is C[C@H](N[C@H](CN1CCCC1=O)c1ccccc1)c1ccc(F)cc1. The van der Waals surface area contributed by atoms with E-state index in [4.69, 9.17) is 0 Å². The Kier molecular flexibility index (Phi) is 5.26. The normalized spacial score (nSPS) is 17.1. The van der Waals surface area contributed by atoms with Gasteiger partial charge < -0.3 is 10.2 Å². The number of hydrogen-bond donors (Lipinski definition) is 1. The van der Waals surface area contributed by atoms with Gasteiger partial charge in [-0.25, -0.2) is 4.39 Å². The number of nitrogens with one attached hydrogen (secondary N) is 1. The van der Waals surface area contributed by atoms with Gasteiger partial charge in [0.15, 0.2) is 0 Å². The molecule has 0 bridgehead atoms. The van der Waals surface area contributed by atoms with Crippen LogP contribution in [0, 0.1) is 5.82 Å². The number of benzene rings is 2. The molecule has 1 amide bonds. The molecular formula is C20H23FN2O. The molecule has 1 N–H and O–H groups in total. The van der Waals surface area contributed by atoms with Gasteiger partial charge in [0.25, 0.3) is 0 Å². The Morgan fingerprint density at radius 3 is 2.42 bits per heavy atom. The van der Waals surface area contributed by atoms with E-state index in [2.05, 4.69) is 24.4 Å². The monoisotopic (exact) mass is 326 g/mol. The van der Waals surface area contributed by atoms with Crippen LogP contribution in [-0.2, 0) is 4.79 Å². The lowest BCUT2D eigenvalue weighted by atomic mass is 10.0. The van der Waals surface area contributed by atoms with Crippen molar-refractivity contribution in [1.29, 1.82) is 0 Å². The van der Waals surface area contributed by atoms with Gasteiger partial charge >= 0.3 is 0 Å². The molecule has 126 valence electrons. The maximum Gasteiger partial charge on any atom is 0.222 e. The highest BCUT2D eigenvalue weighted by molar-refractivity contribution is 5.78. The Balaban J connectivity index is 1.76. The Labute approximate surface area is 142 Å². The average molecular weight is 326 g/mol. The number of rotatable bonds is 6. The highest BCUT2D eigenvalue weighted by Gasteiger charge is 2.25. The highest BCUT2D eigenvalue weighted by atomic mass is 19.1. The molecule has 0 spiro atoms. The van der Waals surface area contributed by atoms with Crippen LogP contribution in [0.15, 0.2) is 54.6 Å². The third-order valence-corrected chi connectivity index (χ3v) is 4.60. The van der Waals surface area contributed by atoms with E-state index < -0.39 is 0 Å². The van der Waals surface area contributed by atoms with Crippen LogP contribution >= 0.6 is 0 Å². The number of likely N-dealkylation sites (tertiary alicyclic amines) is 1. The number of hydrogen-bond acceptors (Lipinski definition) is 2. The van der Waals surface area contributed by atoms with Crippen molar-refractivity contribution in [3.05, 3.63) is 71.5 Å². The fraction of sp³-hybridized carbons (Fsp3) is 0.350. The van der Waals surface area contributed by atoms with Crippen LogP contribution in [0.25, 0.3) is 0 Å². The summed E-state index contributed by atoms with van der Waals surface area (Å²) in [6.07, 6.45) is 1.59. The van der Waals surface area contributed by atoms with Crippen LogP contribution in [-0.4, -0.2) is 23.9 Å². The molecule has 0 aliphatic carbocycles. The molecule has 0 radical (unpaired) electrons. The van der Waals surface area contributed by atoms with Gasteiger partial charge in [-0.3, -0.25) is 4.79 Å². The number of nitrogens with zero attached hydrogens (tertiary/aromatic N) is 1. The third-order valence-electron chi connectivity index (χ3n) is 4.60. The summed E-state index contributed by atoms with van der Waals surface area (Å²) in [4.78, 5) is 13.9. The molecule has 1 aliphatic rings. The molecule has 2 atom stereocenters. The van der Waals surface area contributed by atoms with Gasteiger partial charge in [0.2, 0.25) is 5.91 Å². The van der Waals surface area contributed by atoms with Crippen LogP contribution < -0.4 is 5.32 Å². The van der Waals surface area contributed by atoms with Crippen LogP contribution in [0.4, 0.5) is 4.39 Å². The van der Waals surface area contributed by atoms with Gasteiger partial charge in [-0.2, -0.15) is 0 Å². The summed E-state index contributed by atoms with van der Waals surface area (Å²) < 4.78 is 13.1. The smallest absolute Gasteiger partial charge is 0.222 e. The van der Waals surface area contributed by atoms with Crippen molar-refractivity contribution in [2.24, 2.45) is 0 Å². The first kappa shape index (κ1) is 16.7. The molecule has 1 fully saturated rings. The Morgan fingerprint density at radius 1 is 1.08 bits per heavy atom. The number of carbonyl (C=O) groups is 1. The molecule has 3 nitrogen and oxygen atoms in total. The molecule has 1 saturated heterocycles. The third kappa shape index (κ3) is 4.01. The fourth-order valence-corrected chi connectivity index (χ4v) is 3.21. The first-order valence-electron chi connectivity index (χ1n) is 8.48. The van der Waals surface area contributed by atoms with Gasteiger partial charge in [0.1, 0.15) is 5.82 Å². The summed E-state index contributed by atoms with van der Waals surface area (Å²) in [5, 5.41) is 3.60. The second kappa shape index (κ2) is 7.58. The topological polar surface area (TPSA) is 32.3 Å². The zero-order chi connectivity index (χ0) is 16.9. The van der Waals surface area contributed by atoms with Crippen molar-refractivity contribution < 1.29 is 9.18 Å². The Hall–Kier alpha value is -2.20. The van der Waals surface area contributed by atoms with E-state index in [0.717, 1.165) is 24.1 Å². The van der Waals surface area contributed by atoms with Crippen LogP contribution in [0.3, 0.4) is 0 Å². The Bertz CT molecular complexity index is 672. The largest absolute Gasteiger partial charge is 0.341 e. The predicted octanol–water partition coefficient (Wildman–Crippen LogP) is 3.84. The molecule has 2 aromatic carbocycles. The van der Waals surface area contributed by atoms with Crippen molar-refractivity contribution in [2.45, 2.75) is 31.8 Å². The van der Waals surface area contributed by atoms with Crippen molar-refractivity contribution >= 4 is 5.91 Å². The molecule has 1 heterocycles.